The number of halogens is 1. The fraction of sp³-hybridized carbons (Fsp3) is 0.385. The minimum absolute atomic E-state index is 0.119. The van der Waals surface area contributed by atoms with Gasteiger partial charge in [-0.05, 0) is 24.6 Å². The Balaban J connectivity index is 1.95. The zero-order valence-electron chi connectivity index (χ0n) is 10.5. The molecular weight excluding hydrogens is 330 g/mol. The molecule has 1 aromatic rings. The van der Waals surface area contributed by atoms with Gasteiger partial charge < -0.3 is 14.9 Å². The van der Waals surface area contributed by atoms with Crippen LogP contribution in [0.1, 0.15) is 6.42 Å². The molecule has 2 atom stereocenters. The molecule has 108 valence electrons. The molecule has 1 aliphatic heterocycles. The molecule has 1 aliphatic rings. The number of carboxylic acids is 1. The summed E-state index contributed by atoms with van der Waals surface area (Å²) in [7, 11) is 0. The number of hydrogen-bond acceptors (Lipinski definition) is 3. The van der Waals surface area contributed by atoms with Crippen LogP contribution in [0.3, 0.4) is 0 Å². The zero-order chi connectivity index (χ0) is 14.7. The van der Waals surface area contributed by atoms with Crippen molar-refractivity contribution in [1.82, 2.24) is 4.90 Å². The SMILES string of the molecule is O=C(O)C1CC(COc2cccc(Br)c2)CN1C(=O)O. The fourth-order valence-corrected chi connectivity index (χ4v) is 2.64. The number of benzene rings is 1. The molecule has 0 radical (unpaired) electrons. The van der Waals surface area contributed by atoms with Crippen molar-refractivity contribution in [3.63, 3.8) is 0 Å². The van der Waals surface area contributed by atoms with Gasteiger partial charge in [0, 0.05) is 16.9 Å². The molecule has 0 bridgehead atoms. The van der Waals surface area contributed by atoms with Crippen molar-refractivity contribution in [3.05, 3.63) is 28.7 Å². The van der Waals surface area contributed by atoms with E-state index in [-0.39, 0.29) is 18.9 Å². The molecule has 0 aromatic heterocycles. The van der Waals surface area contributed by atoms with E-state index in [0.717, 1.165) is 9.37 Å². The number of amides is 1. The van der Waals surface area contributed by atoms with Crippen molar-refractivity contribution in [1.29, 1.82) is 0 Å². The van der Waals surface area contributed by atoms with Gasteiger partial charge in [-0.2, -0.15) is 0 Å². The summed E-state index contributed by atoms with van der Waals surface area (Å²) in [6.45, 7) is 0.477. The van der Waals surface area contributed by atoms with Crippen LogP contribution in [0.25, 0.3) is 0 Å². The van der Waals surface area contributed by atoms with Crippen molar-refractivity contribution >= 4 is 28.0 Å². The average molecular weight is 344 g/mol. The Morgan fingerprint density at radius 1 is 1.40 bits per heavy atom. The van der Waals surface area contributed by atoms with E-state index < -0.39 is 18.1 Å². The smallest absolute Gasteiger partial charge is 0.408 e. The number of carboxylic acid groups (broad SMARTS) is 2. The number of ether oxygens (including phenoxy) is 1. The molecule has 2 N–H and O–H groups in total. The first-order valence-electron chi connectivity index (χ1n) is 6.08. The first-order valence-corrected chi connectivity index (χ1v) is 6.87. The standard InChI is InChI=1S/C13H14BrNO5/c14-9-2-1-3-10(5-9)20-7-8-4-11(12(16)17)15(6-8)13(18)19/h1-3,5,8,11H,4,6-7H2,(H,16,17)(H,18,19). The lowest BCUT2D eigenvalue weighted by atomic mass is 10.1. The maximum absolute atomic E-state index is 11.0. The Bertz CT molecular complexity index is 499. The van der Waals surface area contributed by atoms with E-state index >= 15 is 0 Å². The quantitative estimate of drug-likeness (QED) is 0.875. The highest BCUT2D eigenvalue weighted by molar-refractivity contribution is 9.10. The largest absolute Gasteiger partial charge is 0.493 e. The van der Waals surface area contributed by atoms with Gasteiger partial charge in [0.15, 0.2) is 0 Å². The van der Waals surface area contributed by atoms with Crippen LogP contribution in [0.4, 0.5) is 4.79 Å². The van der Waals surface area contributed by atoms with Crippen molar-refractivity contribution in [2.24, 2.45) is 5.92 Å². The maximum atomic E-state index is 11.0. The lowest BCUT2D eigenvalue weighted by Crippen LogP contribution is -2.39. The molecule has 20 heavy (non-hydrogen) atoms. The van der Waals surface area contributed by atoms with Gasteiger partial charge in [-0.15, -0.1) is 0 Å². The molecule has 2 unspecified atom stereocenters. The molecule has 1 fully saturated rings. The minimum atomic E-state index is -1.21. The third-order valence-electron chi connectivity index (χ3n) is 3.20. The van der Waals surface area contributed by atoms with Gasteiger partial charge in [-0.3, -0.25) is 4.90 Å². The summed E-state index contributed by atoms with van der Waals surface area (Å²) in [6.07, 6.45) is -0.933. The van der Waals surface area contributed by atoms with Gasteiger partial charge in [0.25, 0.3) is 0 Å². The highest BCUT2D eigenvalue weighted by Crippen LogP contribution is 2.25. The second kappa shape index (κ2) is 6.13. The monoisotopic (exact) mass is 343 g/mol. The molecule has 2 rings (SSSR count). The molecule has 0 spiro atoms. The first kappa shape index (κ1) is 14.6. The molecule has 6 nitrogen and oxygen atoms in total. The van der Waals surface area contributed by atoms with Gasteiger partial charge in [0.05, 0.1) is 6.61 Å². The topological polar surface area (TPSA) is 87.1 Å². The highest BCUT2D eigenvalue weighted by atomic mass is 79.9. The number of hydrogen-bond donors (Lipinski definition) is 2. The maximum Gasteiger partial charge on any atom is 0.408 e. The van der Waals surface area contributed by atoms with Gasteiger partial charge in [-0.25, -0.2) is 9.59 Å². The Kier molecular flexibility index (Phi) is 4.49. The van der Waals surface area contributed by atoms with Crippen LogP contribution in [0.15, 0.2) is 28.7 Å². The predicted octanol–water partition coefficient (Wildman–Crippen LogP) is 2.28. The van der Waals surface area contributed by atoms with Crippen molar-refractivity contribution in [2.45, 2.75) is 12.5 Å². The van der Waals surface area contributed by atoms with Crippen LogP contribution < -0.4 is 4.74 Å². The van der Waals surface area contributed by atoms with E-state index in [1.165, 1.54) is 0 Å². The summed E-state index contributed by atoms with van der Waals surface area (Å²) in [5, 5.41) is 18.0. The van der Waals surface area contributed by atoms with Gasteiger partial charge in [0.2, 0.25) is 0 Å². The summed E-state index contributed by atoms with van der Waals surface area (Å²) in [5.74, 6) is -0.566. The van der Waals surface area contributed by atoms with Gasteiger partial charge in [-0.1, -0.05) is 22.0 Å². The third-order valence-corrected chi connectivity index (χ3v) is 3.69. The molecule has 1 aromatic carbocycles. The molecule has 0 aliphatic carbocycles. The molecule has 0 saturated carbocycles. The second-order valence-electron chi connectivity index (χ2n) is 4.66. The summed E-state index contributed by atoms with van der Waals surface area (Å²) >= 11 is 3.33. The van der Waals surface area contributed by atoms with E-state index in [0.29, 0.717) is 12.4 Å². The van der Waals surface area contributed by atoms with Crippen LogP contribution in [0.5, 0.6) is 5.75 Å². The van der Waals surface area contributed by atoms with E-state index in [1.807, 2.05) is 12.1 Å². The number of rotatable bonds is 4. The Labute approximate surface area is 124 Å². The lowest BCUT2D eigenvalue weighted by molar-refractivity contribution is -0.141. The Morgan fingerprint density at radius 2 is 2.15 bits per heavy atom. The normalized spacial score (nSPS) is 21.8. The molecule has 7 heteroatoms. The summed E-state index contributed by atoms with van der Waals surface area (Å²) in [4.78, 5) is 23.0. The molecule has 1 saturated heterocycles. The number of aliphatic carboxylic acids is 1. The van der Waals surface area contributed by atoms with Gasteiger partial charge >= 0.3 is 12.1 Å². The Hall–Kier alpha value is -1.76. The number of carbonyl (C=O) groups is 2. The second-order valence-corrected chi connectivity index (χ2v) is 5.57. The zero-order valence-corrected chi connectivity index (χ0v) is 12.1. The van der Waals surface area contributed by atoms with Gasteiger partial charge in [0.1, 0.15) is 11.8 Å². The lowest BCUT2D eigenvalue weighted by Gasteiger charge is -2.16. The van der Waals surface area contributed by atoms with Crippen LogP contribution in [0.2, 0.25) is 0 Å². The Morgan fingerprint density at radius 3 is 2.70 bits per heavy atom. The van der Waals surface area contributed by atoms with E-state index in [4.69, 9.17) is 14.9 Å². The third kappa shape index (κ3) is 3.41. The molecular formula is C13H14BrNO5. The first-order chi connectivity index (χ1) is 9.47. The van der Waals surface area contributed by atoms with Crippen LogP contribution in [-0.2, 0) is 4.79 Å². The van der Waals surface area contributed by atoms with E-state index in [1.54, 1.807) is 12.1 Å². The summed E-state index contributed by atoms with van der Waals surface area (Å²) < 4.78 is 6.47. The number of nitrogens with zero attached hydrogens (tertiary/aromatic N) is 1. The summed E-state index contributed by atoms with van der Waals surface area (Å²) in [5.41, 5.74) is 0. The van der Waals surface area contributed by atoms with Crippen LogP contribution >= 0.6 is 15.9 Å². The highest BCUT2D eigenvalue weighted by Gasteiger charge is 2.39. The van der Waals surface area contributed by atoms with Crippen molar-refractivity contribution in [3.8, 4) is 5.75 Å². The number of likely N-dealkylation sites (tertiary alicyclic amines) is 1. The molecule has 1 amide bonds. The fourth-order valence-electron chi connectivity index (χ4n) is 2.26. The predicted molar refractivity (Wildman–Crippen MR) is 73.9 cm³/mol. The minimum Gasteiger partial charge on any atom is -0.493 e. The molecule has 1 heterocycles. The van der Waals surface area contributed by atoms with Crippen LogP contribution in [0, 0.1) is 5.92 Å². The average Bonchev–Trinajstić information content (AvgIpc) is 2.81. The van der Waals surface area contributed by atoms with E-state index in [9.17, 15) is 9.59 Å². The van der Waals surface area contributed by atoms with Crippen molar-refractivity contribution in [2.75, 3.05) is 13.2 Å². The van der Waals surface area contributed by atoms with Crippen molar-refractivity contribution < 1.29 is 24.5 Å². The summed E-state index contributed by atoms with van der Waals surface area (Å²) in [6, 6.07) is 6.32. The van der Waals surface area contributed by atoms with Crippen LogP contribution in [-0.4, -0.2) is 46.4 Å². The van der Waals surface area contributed by atoms with E-state index in [2.05, 4.69) is 15.9 Å².